The first-order valence-electron chi connectivity index (χ1n) is 8.48. The molecule has 0 aliphatic heterocycles. The van der Waals surface area contributed by atoms with Gasteiger partial charge in [0.05, 0.1) is 17.7 Å². The second-order valence-electron chi connectivity index (χ2n) is 6.07. The van der Waals surface area contributed by atoms with Crippen molar-refractivity contribution in [3.05, 3.63) is 64.0 Å². The van der Waals surface area contributed by atoms with Gasteiger partial charge in [0.15, 0.2) is 0 Å². The first-order valence-corrected chi connectivity index (χ1v) is 8.48. The molecule has 0 saturated carbocycles. The molecule has 0 atom stereocenters. The lowest BCUT2D eigenvalue weighted by atomic mass is 10.1. The average molecular weight is 382 g/mol. The fourth-order valence-corrected chi connectivity index (χ4v) is 2.52. The van der Waals surface area contributed by atoms with Crippen LogP contribution >= 0.6 is 0 Å². The van der Waals surface area contributed by atoms with Gasteiger partial charge in [-0.1, -0.05) is 35.0 Å². The van der Waals surface area contributed by atoms with E-state index in [1.807, 2.05) is 31.2 Å². The van der Waals surface area contributed by atoms with Crippen molar-refractivity contribution in [2.24, 2.45) is 0 Å². The minimum Gasteiger partial charge on any atom is -0.495 e. The summed E-state index contributed by atoms with van der Waals surface area (Å²) >= 11 is 0. The number of hydrogen-bond acceptors (Lipinski definition) is 7. The molecule has 0 aliphatic carbocycles. The zero-order valence-electron chi connectivity index (χ0n) is 15.3. The summed E-state index contributed by atoms with van der Waals surface area (Å²) in [6, 6.07) is 11.7. The number of hydrogen-bond donors (Lipinski definition) is 1. The quantitative estimate of drug-likeness (QED) is 0.490. The summed E-state index contributed by atoms with van der Waals surface area (Å²) in [7, 11) is 1.42. The number of anilines is 1. The number of aryl methyl sites for hydroxylation is 2. The number of amides is 1. The van der Waals surface area contributed by atoms with Crippen molar-refractivity contribution in [1.29, 1.82) is 0 Å². The van der Waals surface area contributed by atoms with Gasteiger partial charge in [0.2, 0.25) is 17.6 Å². The van der Waals surface area contributed by atoms with Crippen molar-refractivity contribution in [2.75, 3.05) is 12.4 Å². The Morgan fingerprint density at radius 3 is 2.68 bits per heavy atom. The maximum Gasteiger partial charge on any atom is 0.271 e. The van der Waals surface area contributed by atoms with E-state index in [1.165, 1.54) is 25.3 Å². The Morgan fingerprint density at radius 1 is 1.25 bits per heavy atom. The second kappa shape index (κ2) is 8.30. The van der Waals surface area contributed by atoms with E-state index in [0.29, 0.717) is 17.5 Å². The minimum absolute atomic E-state index is 0.0708. The summed E-state index contributed by atoms with van der Waals surface area (Å²) in [4.78, 5) is 26.9. The van der Waals surface area contributed by atoms with Crippen LogP contribution in [0.1, 0.15) is 17.9 Å². The van der Waals surface area contributed by atoms with Crippen molar-refractivity contribution in [2.45, 2.75) is 19.8 Å². The number of rotatable bonds is 7. The molecule has 28 heavy (non-hydrogen) atoms. The molecule has 144 valence electrons. The van der Waals surface area contributed by atoms with E-state index < -0.39 is 4.92 Å². The average Bonchev–Trinajstić information content (AvgIpc) is 3.16. The first-order chi connectivity index (χ1) is 13.5. The van der Waals surface area contributed by atoms with E-state index in [1.54, 1.807) is 0 Å². The zero-order valence-corrected chi connectivity index (χ0v) is 15.3. The van der Waals surface area contributed by atoms with Gasteiger partial charge in [0, 0.05) is 30.5 Å². The molecule has 2 aromatic carbocycles. The predicted octanol–water partition coefficient (Wildman–Crippen LogP) is 3.53. The summed E-state index contributed by atoms with van der Waals surface area (Å²) in [6.07, 6.45) is 0.309. The van der Waals surface area contributed by atoms with Crippen LogP contribution in [0, 0.1) is 17.0 Å². The van der Waals surface area contributed by atoms with Crippen LogP contribution in [-0.2, 0) is 11.2 Å². The van der Waals surface area contributed by atoms with Crippen molar-refractivity contribution in [3.63, 3.8) is 0 Å². The molecule has 1 N–H and O–H groups in total. The van der Waals surface area contributed by atoms with Gasteiger partial charge in [-0.05, 0) is 13.0 Å². The monoisotopic (exact) mass is 382 g/mol. The highest BCUT2D eigenvalue weighted by molar-refractivity contribution is 5.92. The third kappa shape index (κ3) is 4.50. The molecule has 9 nitrogen and oxygen atoms in total. The highest BCUT2D eigenvalue weighted by Crippen LogP contribution is 2.29. The van der Waals surface area contributed by atoms with Crippen LogP contribution in [0.3, 0.4) is 0 Å². The van der Waals surface area contributed by atoms with E-state index in [4.69, 9.17) is 9.26 Å². The number of benzene rings is 2. The molecule has 1 amide bonds. The predicted molar refractivity (Wildman–Crippen MR) is 101 cm³/mol. The van der Waals surface area contributed by atoms with Crippen molar-refractivity contribution in [1.82, 2.24) is 10.1 Å². The number of nitro benzene ring substituents is 1. The smallest absolute Gasteiger partial charge is 0.271 e. The van der Waals surface area contributed by atoms with E-state index in [2.05, 4.69) is 15.5 Å². The lowest BCUT2D eigenvalue weighted by Crippen LogP contribution is -2.13. The molecule has 0 saturated heterocycles. The zero-order chi connectivity index (χ0) is 20.1. The van der Waals surface area contributed by atoms with E-state index in [9.17, 15) is 14.9 Å². The topological polar surface area (TPSA) is 120 Å². The fourth-order valence-electron chi connectivity index (χ4n) is 2.52. The van der Waals surface area contributed by atoms with E-state index >= 15 is 0 Å². The highest BCUT2D eigenvalue weighted by Gasteiger charge is 2.15. The number of ether oxygens (including phenoxy) is 1. The number of non-ortho nitro benzene ring substituents is 1. The van der Waals surface area contributed by atoms with Crippen LogP contribution < -0.4 is 10.1 Å². The van der Waals surface area contributed by atoms with Crippen LogP contribution in [0.5, 0.6) is 5.75 Å². The van der Waals surface area contributed by atoms with Crippen molar-refractivity contribution >= 4 is 17.3 Å². The SMILES string of the molecule is COc1ccc([N+](=O)[O-])cc1NC(=O)CCc1nc(-c2ccc(C)cc2)no1. The normalized spacial score (nSPS) is 10.5. The molecule has 3 rings (SSSR count). The van der Waals surface area contributed by atoms with Crippen LogP contribution in [0.4, 0.5) is 11.4 Å². The first kappa shape index (κ1) is 19.0. The van der Waals surface area contributed by atoms with E-state index in [-0.39, 0.29) is 30.1 Å². The summed E-state index contributed by atoms with van der Waals surface area (Å²) in [5.74, 6) is 0.764. The number of carbonyl (C=O) groups is 1. The Hall–Kier alpha value is -3.75. The van der Waals surface area contributed by atoms with E-state index in [0.717, 1.165) is 11.1 Å². The van der Waals surface area contributed by atoms with Gasteiger partial charge >= 0.3 is 0 Å². The molecule has 1 aromatic heterocycles. The van der Waals surface area contributed by atoms with Gasteiger partial charge in [0.25, 0.3) is 5.69 Å². The summed E-state index contributed by atoms with van der Waals surface area (Å²) < 4.78 is 10.3. The van der Waals surface area contributed by atoms with Crippen LogP contribution in [-0.4, -0.2) is 28.1 Å². The number of nitro groups is 1. The third-order valence-electron chi connectivity index (χ3n) is 4.01. The lowest BCUT2D eigenvalue weighted by molar-refractivity contribution is -0.384. The second-order valence-corrected chi connectivity index (χ2v) is 6.07. The fraction of sp³-hybridized carbons (Fsp3) is 0.211. The van der Waals surface area contributed by atoms with Gasteiger partial charge in [-0.25, -0.2) is 0 Å². The largest absolute Gasteiger partial charge is 0.495 e. The molecule has 1 heterocycles. The van der Waals surface area contributed by atoms with Crippen LogP contribution in [0.25, 0.3) is 11.4 Å². The maximum atomic E-state index is 12.2. The van der Waals surface area contributed by atoms with Gasteiger partial charge < -0.3 is 14.6 Å². The lowest BCUT2D eigenvalue weighted by Gasteiger charge is -2.09. The standard InChI is InChI=1S/C19H18N4O5/c1-12-3-5-13(6-4-12)19-21-18(28-22-19)10-9-17(24)20-15-11-14(23(25)26)7-8-16(15)27-2/h3-8,11H,9-10H2,1-2H3,(H,20,24). The Bertz CT molecular complexity index is 998. The Balaban J connectivity index is 1.63. The van der Waals surface area contributed by atoms with Gasteiger partial charge in [-0.2, -0.15) is 4.98 Å². The van der Waals surface area contributed by atoms with Gasteiger partial charge in [-0.3, -0.25) is 14.9 Å². The molecule has 0 aliphatic rings. The Morgan fingerprint density at radius 2 is 2.00 bits per heavy atom. The summed E-state index contributed by atoms with van der Waals surface area (Å²) in [6.45, 7) is 1.99. The molecule has 0 unspecified atom stereocenters. The van der Waals surface area contributed by atoms with Gasteiger partial charge in [-0.15, -0.1) is 0 Å². The molecule has 0 bridgehead atoms. The van der Waals surface area contributed by atoms with Crippen LogP contribution in [0.2, 0.25) is 0 Å². The molecular weight excluding hydrogens is 364 g/mol. The highest BCUT2D eigenvalue weighted by atomic mass is 16.6. The number of aromatic nitrogens is 2. The maximum absolute atomic E-state index is 12.2. The van der Waals surface area contributed by atoms with Gasteiger partial charge in [0.1, 0.15) is 5.75 Å². The molecule has 9 heteroatoms. The van der Waals surface area contributed by atoms with Crippen molar-refractivity contribution in [3.8, 4) is 17.1 Å². The summed E-state index contributed by atoms with van der Waals surface area (Å²) in [5, 5.41) is 17.4. The minimum atomic E-state index is -0.542. The Kier molecular flexibility index (Phi) is 5.64. The Labute approximate surface area is 160 Å². The number of nitrogens with one attached hydrogen (secondary N) is 1. The number of carbonyl (C=O) groups excluding carboxylic acids is 1. The van der Waals surface area contributed by atoms with Crippen LogP contribution in [0.15, 0.2) is 47.0 Å². The molecular formula is C19H18N4O5. The molecule has 0 radical (unpaired) electrons. The number of methoxy groups -OCH3 is 1. The third-order valence-corrected chi connectivity index (χ3v) is 4.01. The van der Waals surface area contributed by atoms with Crippen molar-refractivity contribution < 1.29 is 19.0 Å². The number of nitrogens with zero attached hydrogens (tertiary/aromatic N) is 3. The molecule has 0 fully saturated rings. The molecule has 3 aromatic rings. The molecule has 0 spiro atoms. The summed E-state index contributed by atoms with van der Waals surface area (Å²) in [5.41, 5.74) is 2.04.